The van der Waals surface area contributed by atoms with Gasteiger partial charge in [0.15, 0.2) is 0 Å². The quantitative estimate of drug-likeness (QED) is 0.319. The molecule has 1 heteroatoms. The Labute approximate surface area is 189 Å². The van der Waals surface area contributed by atoms with E-state index in [-0.39, 0.29) is 5.41 Å². The fraction of sp³-hybridized carbons (Fsp3) is 0.433. The summed E-state index contributed by atoms with van der Waals surface area (Å²) in [6.45, 7) is 2.27. The van der Waals surface area contributed by atoms with E-state index in [0.29, 0.717) is 0 Å². The van der Waals surface area contributed by atoms with Gasteiger partial charge >= 0.3 is 0 Å². The molecule has 0 N–H and O–H groups in total. The molecule has 0 saturated carbocycles. The topological polar surface area (TPSA) is 23.8 Å². The van der Waals surface area contributed by atoms with Gasteiger partial charge in [0.2, 0.25) is 0 Å². The van der Waals surface area contributed by atoms with Crippen molar-refractivity contribution in [3.8, 4) is 17.2 Å². The van der Waals surface area contributed by atoms with Crippen LogP contribution in [0.5, 0.6) is 0 Å². The van der Waals surface area contributed by atoms with Crippen LogP contribution >= 0.6 is 0 Å². The lowest BCUT2D eigenvalue weighted by Crippen LogP contribution is -2.17. The molecule has 0 amide bonds. The van der Waals surface area contributed by atoms with Crippen molar-refractivity contribution in [1.29, 1.82) is 5.26 Å². The zero-order valence-corrected chi connectivity index (χ0v) is 19.2. The first-order chi connectivity index (χ1) is 15.3. The lowest BCUT2D eigenvalue weighted by Gasteiger charge is -2.25. The van der Waals surface area contributed by atoms with Crippen LogP contribution in [0.1, 0.15) is 83.1 Å². The number of unbranched alkanes of at least 4 members (excludes halogenated alkanes) is 8. The average molecular weight is 412 g/mol. The van der Waals surface area contributed by atoms with E-state index >= 15 is 0 Å². The van der Waals surface area contributed by atoms with E-state index in [1.54, 1.807) is 0 Å². The van der Waals surface area contributed by atoms with Gasteiger partial charge < -0.3 is 0 Å². The summed E-state index contributed by atoms with van der Waals surface area (Å²) < 4.78 is 0. The van der Waals surface area contributed by atoms with Gasteiger partial charge in [-0.25, -0.2) is 0 Å². The van der Waals surface area contributed by atoms with Gasteiger partial charge in [-0.05, 0) is 35.1 Å². The smallest absolute Gasteiger partial charge is 0.0791 e. The molecule has 1 unspecified atom stereocenters. The van der Waals surface area contributed by atoms with Crippen molar-refractivity contribution in [3.63, 3.8) is 0 Å². The second-order valence-corrected chi connectivity index (χ2v) is 8.99. The number of benzene rings is 2. The minimum absolute atomic E-state index is 0.311. The Bertz CT molecular complexity index is 882. The zero-order valence-electron chi connectivity index (χ0n) is 19.2. The molecule has 0 aliphatic heterocycles. The van der Waals surface area contributed by atoms with Crippen LogP contribution in [-0.4, -0.2) is 0 Å². The van der Waals surface area contributed by atoms with E-state index in [9.17, 15) is 5.26 Å². The van der Waals surface area contributed by atoms with Gasteiger partial charge in [0.25, 0.3) is 0 Å². The molecule has 2 aromatic rings. The van der Waals surface area contributed by atoms with E-state index in [1.165, 1.54) is 73.6 Å². The highest BCUT2D eigenvalue weighted by atomic mass is 14.4. The summed E-state index contributed by atoms with van der Waals surface area (Å²) in [6.07, 6.45) is 20.3. The van der Waals surface area contributed by atoms with Gasteiger partial charge in [-0.1, -0.05) is 138 Å². The Kier molecular flexibility index (Phi) is 9.16. The first-order valence-corrected chi connectivity index (χ1v) is 12.2. The largest absolute Gasteiger partial charge is 0.197 e. The Morgan fingerprint density at radius 1 is 0.742 bits per heavy atom. The number of hydrogen-bond donors (Lipinski definition) is 0. The van der Waals surface area contributed by atoms with Crippen LogP contribution < -0.4 is 0 Å². The first-order valence-electron chi connectivity index (χ1n) is 12.2. The Morgan fingerprint density at radius 2 is 1.32 bits per heavy atom. The molecule has 0 heterocycles. The van der Waals surface area contributed by atoms with Crippen LogP contribution in [0.2, 0.25) is 0 Å². The minimum Gasteiger partial charge on any atom is -0.197 e. The fourth-order valence-corrected chi connectivity index (χ4v) is 4.45. The van der Waals surface area contributed by atoms with Crippen LogP contribution in [0.25, 0.3) is 16.7 Å². The fourth-order valence-electron chi connectivity index (χ4n) is 4.45. The molecule has 0 fully saturated rings. The zero-order chi connectivity index (χ0) is 21.8. The maximum absolute atomic E-state index is 9.85. The first kappa shape index (κ1) is 23.1. The van der Waals surface area contributed by atoms with Gasteiger partial charge in [-0.15, -0.1) is 0 Å². The lowest BCUT2D eigenvalue weighted by atomic mass is 9.76. The van der Waals surface area contributed by atoms with Crippen LogP contribution in [0.15, 0.2) is 72.8 Å². The molecule has 31 heavy (non-hydrogen) atoms. The number of rotatable bonds is 12. The van der Waals surface area contributed by atoms with Gasteiger partial charge in [-0.3, -0.25) is 0 Å². The van der Waals surface area contributed by atoms with E-state index in [0.717, 1.165) is 19.3 Å². The normalized spacial score (nSPS) is 17.9. The molecular formula is C30H37N. The summed E-state index contributed by atoms with van der Waals surface area (Å²) in [6, 6.07) is 21.9. The van der Waals surface area contributed by atoms with E-state index in [2.05, 4.69) is 79.8 Å². The van der Waals surface area contributed by atoms with Crippen molar-refractivity contribution in [2.24, 2.45) is 5.41 Å². The van der Waals surface area contributed by atoms with Crippen molar-refractivity contribution in [3.05, 3.63) is 78.4 Å². The van der Waals surface area contributed by atoms with Gasteiger partial charge in [-0.2, -0.15) is 5.26 Å². The standard InChI is InChI=1S/C30H37N/c1-2-3-4-5-6-7-8-9-13-22-30(25-31)23-20-29(21-24-30)28-18-16-27(17-19-28)26-14-11-10-12-15-26/h10-12,14-21,23H,2-9,13,22,24H2,1H3. The molecule has 2 aromatic carbocycles. The molecule has 1 aliphatic carbocycles. The monoisotopic (exact) mass is 411 g/mol. The molecule has 162 valence electrons. The number of nitriles is 1. The summed E-state index contributed by atoms with van der Waals surface area (Å²) in [4.78, 5) is 0. The molecule has 1 atom stereocenters. The SMILES string of the molecule is CCCCCCCCCCCC1(C#N)C=CC(c2ccc(-c3ccccc3)cc2)=CC1. The summed E-state index contributed by atoms with van der Waals surface area (Å²) in [5.74, 6) is 0. The minimum atomic E-state index is -0.311. The predicted molar refractivity (Wildman–Crippen MR) is 134 cm³/mol. The summed E-state index contributed by atoms with van der Waals surface area (Å²) in [5.41, 5.74) is 4.63. The predicted octanol–water partition coefficient (Wildman–Crippen LogP) is 9.13. The average Bonchev–Trinajstić information content (AvgIpc) is 2.84. The van der Waals surface area contributed by atoms with Crippen LogP contribution in [-0.2, 0) is 0 Å². The molecule has 1 aliphatic rings. The highest BCUT2D eigenvalue weighted by Crippen LogP contribution is 2.37. The molecule has 3 rings (SSSR count). The molecule has 0 radical (unpaired) electrons. The van der Waals surface area contributed by atoms with Crippen molar-refractivity contribution in [2.45, 2.75) is 77.6 Å². The number of nitrogens with zero attached hydrogens (tertiary/aromatic N) is 1. The van der Waals surface area contributed by atoms with Gasteiger partial charge in [0.1, 0.15) is 0 Å². The van der Waals surface area contributed by atoms with Crippen molar-refractivity contribution in [2.75, 3.05) is 0 Å². The molecule has 0 spiro atoms. The van der Waals surface area contributed by atoms with E-state index < -0.39 is 0 Å². The van der Waals surface area contributed by atoms with Crippen LogP contribution in [0.3, 0.4) is 0 Å². The molecule has 0 aromatic heterocycles. The van der Waals surface area contributed by atoms with Gasteiger partial charge in [0, 0.05) is 0 Å². The highest BCUT2D eigenvalue weighted by molar-refractivity contribution is 5.77. The summed E-state index contributed by atoms with van der Waals surface area (Å²) in [5, 5.41) is 9.85. The molecule has 0 bridgehead atoms. The maximum Gasteiger partial charge on any atom is 0.0791 e. The summed E-state index contributed by atoms with van der Waals surface area (Å²) in [7, 11) is 0. The van der Waals surface area contributed by atoms with E-state index in [4.69, 9.17) is 0 Å². The molecule has 1 nitrogen and oxygen atoms in total. The Hall–Kier alpha value is -2.59. The highest BCUT2D eigenvalue weighted by Gasteiger charge is 2.27. The third kappa shape index (κ3) is 6.96. The molecular weight excluding hydrogens is 374 g/mol. The van der Waals surface area contributed by atoms with Crippen LogP contribution in [0, 0.1) is 16.7 Å². The summed E-state index contributed by atoms with van der Waals surface area (Å²) >= 11 is 0. The van der Waals surface area contributed by atoms with Gasteiger partial charge in [0.05, 0.1) is 11.5 Å². The van der Waals surface area contributed by atoms with Crippen molar-refractivity contribution in [1.82, 2.24) is 0 Å². The van der Waals surface area contributed by atoms with Crippen LogP contribution in [0.4, 0.5) is 0 Å². The second-order valence-electron chi connectivity index (χ2n) is 8.99. The lowest BCUT2D eigenvalue weighted by molar-refractivity contribution is 0.431. The number of hydrogen-bond acceptors (Lipinski definition) is 1. The Balaban J connectivity index is 1.45. The van der Waals surface area contributed by atoms with Crippen molar-refractivity contribution < 1.29 is 0 Å². The van der Waals surface area contributed by atoms with Crippen molar-refractivity contribution >= 4 is 5.57 Å². The number of allylic oxidation sites excluding steroid dienone is 4. The maximum atomic E-state index is 9.85. The third-order valence-corrected chi connectivity index (χ3v) is 6.54. The Morgan fingerprint density at radius 3 is 1.90 bits per heavy atom. The second kappa shape index (κ2) is 12.3. The molecule has 0 saturated heterocycles. The van der Waals surface area contributed by atoms with E-state index in [1.807, 2.05) is 6.07 Å². The third-order valence-electron chi connectivity index (χ3n) is 6.54.